The molecule has 0 saturated carbocycles. The van der Waals surface area contributed by atoms with Crippen molar-refractivity contribution >= 4 is 23.3 Å². The second-order valence-corrected chi connectivity index (χ2v) is 8.41. The van der Waals surface area contributed by atoms with Crippen molar-refractivity contribution in [3.63, 3.8) is 0 Å². The van der Waals surface area contributed by atoms with Crippen LogP contribution >= 0.6 is 11.6 Å². The molecule has 1 spiro atoms. The Morgan fingerprint density at radius 1 is 1.27 bits per heavy atom. The fourth-order valence-corrected chi connectivity index (χ4v) is 5.07. The zero-order valence-corrected chi connectivity index (χ0v) is 16.2. The summed E-state index contributed by atoms with van der Waals surface area (Å²) in [5.41, 5.74) is 0.337. The minimum absolute atomic E-state index is 0.0399. The van der Waals surface area contributed by atoms with Gasteiger partial charge in [0.2, 0.25) is 5.91 Å². The molecule has 142 valence electrons. The van der Waals surface area contributed by atoms with Gasteiger partial charge in [-0.05, 0) is 56.9 Å². The Hall–Kier alpha value is -1.37. The molecule has 0 bridgehead atoms. The van der Waals surface area contributed by atoms with Gasteiger partial charge in [0.15, 0.2) is 0 Å². The molecule has 0 aliphatic carbocycles. The van der Waals surface area contributed by atoms with Gasteiger partial charge in [-0.1, -0.05) is 11.6 Å². The molecule has 0 unspecified atom stereocenters. The summed E-state index contributed by atoms with van der Waals surface area (Å²) < 4.78 is 0. The first-order chi connectivity index (χ1) is 12.6. The number of likely N-dealkylation sites (N-methyl/N-ethyl adjacent to an activating group) is 1. The SMILES string of the molecule is CN1CC2(CCNCC2)C[C@@H]1C(=O)N1CCN(c2ncccc2Cl)CC1. The molecule has 6 nitrogen and oxygen atoms in total. The zero-order valence-electron chi connectivity index (χ0n) is 15.5. The number of hydrogen-bond donors (Lipinski definition) is 1. The lowest BCUT2D eigenvalue weighted by Gasteiger charge is -2.37. The smallest absolute Gasteiger partial charge is 0.240 e. The van der Waals surface area contributed by atoms with Crippen molar-refractivity contribution in [1.82, 2.24) is 20.1 Å². The summed E-state index contributed by atoms with van der Waals surface area (Å²) >= 11 is 6.27. The zero-order chi connectivity index (χ0) is 18.1. The van der Waals surface area contributed by atoms with E-state index in [2.05, 4.69) is 27.1 Å². The number of nitrogens with one attached hydrogen (secondary N) is 1. The highest BCUT2D eigenvalue weighted by atomic mass is 35.5. The van der Waals surface area contributed by atoms with Crippen molar-refractivity contribution in [2.75, 3.05) is 57.8 Å². The Morgan fingerprint density at radius 2 is 2.00 bits per heavy atom. The second-order valence-electron chi connectivity index (χ2n) is 8.01. The van der Waals surface area contributed by atoms with E-state index in [-0.39, 0.29) is 6.04 Å². The molecule has 0 aromatic carbocycles. The van der Waals surface area contributed by atoms with Crippen molar-refractivity contribution in [2.24, 2.45) is 5.41 Å². The highest BCUT2D eigenvalue weighted by Gasteiger charge is 2.46. The molecule has 1 atom stereocenters. The maximum Gasteiger partial charge on any atom is 0.240 e. The number of carbonyl (C=O) groups excluding carboxylic acids is 1. The molecule has 7 heteroatoms. The third-order valence-electron chi connectivity index (χ3n) is 6.32. The van der Waals surface area contributed by atoms with E-state index < -0.39 is 0 Å². The Morgan fingerprint density at radius 3 is 2.69 bits per heavy atom. The van der Waals surface area contributed by atoms with E-state index >= 15 is 0 Å². The van der Waals surface area contributed by atoms with E-state index in [0.717, 1.165) is 58.1 Å². The number of likely N-dealkylation sites (tertiary alicyclic amines) is 1. The van der Waals surface area contributed by atoms with E-state index in [4.69, 9.17) is 11.6 Å². The molecule has 1 N–H and O–H groups in total. The maximum atomic E-state index is 13.2. The van der Waals surface area contributed by atoms with Crippen LogP contribution in [0.4, 0.5) is 5.82 Å². The van der Waals surface area contributed by atoms with Gasteiger partial charge in [-0.15, -0.1) is 0 Å². The predicted molar refractivity (Wildman–Crippen MR) is 104 cm³/mol. The fraction of sp³-hybridized carbons (Fsp3) is 0.684. The van der Waals surface area contributed by atoms with Gasteiger partial charge in [-0.3, -0.25) is 9.69 Å². The average molecular weight is 378 g/mol. The molecule has 4 rings (SSSR count). The highest BCUT2D eigenvalue weighted by Crippen LogP contribution is 2.41. The van der Waals surface area contributed by atoms with E-state index in [1.54, 1.807) is 6.20 Å². The predicted octanol–water partition coefficient (Wildman–Crippen LogP) is 1.46. The number of piperidine rings is 1. The number of amides is 1. The highest BCUT2D eigenvalue weighted by molar-refractivity contribution is 6.32. The molecule has 1 aromatic rings. The van der Waals surface area contributed by atoms with Crippen LogP contribution in [-0.4, -0.2) is 79.6 Å². The van der Waals surface area contributed by atoms with Crippen molar-refractivity contribution in [1.29, 1.82) is 0 Å². The topological polar surface area (TPSA) is 51.7 Å². The molecule has 1 amide bonds. The lowest BCUT2D eigenvalue weighted by molar-refractivity contribution is -0.135. The molecule has 3 saturated heterocycles. The minimum atomic E-state index is 0.0399. The Balaban J connectivity index is 1.37. The van der Waals surface area contributed by atoms with Crippen molar-refractivity contribution in [2.45, 2.75) is 25.3 Å². The molecule has 4 heterocycles. The molecule has 3 fully saturated rings. The Labute approximate surface area is 160 Å². The van der Waals surface area contributed by atoms with Crippen LogP contribution in [0.1, 0.15) is 19.3 Å². The summed E-state index contributed by atoms with van der Waals surface area (Å²) in [5.74, 6) is 1.13. The van der Waals surface area contributed by atoms with Crippen molar-refractivity contribution in [3.05, 3.63) is 23.4 Å². The summed E-state index contributed by atoms with van der Waals surface area (Å²) in [4.78, 5) is 24.1. The van der Waals surface area contributed by atoms with Crippen LogP contribution in [0.25, 0.3) is 0 Å². The second kappa shape index (κ2) is 7.33. The van der Waals surface area contributed by atoms with Crippen LogP contribution in [0.3, 0.4) is 0 Å². The number of anilines is 1. The normalized spacial score (nSPS) is 26.5. The molecule has 3 aliphatic rings. The van der Waals surface area contributed by atoms with Gasteiger partial charge in [0.1, 0.15) is 5.82 Å². The van der Waals surface area contributed by atoms with Crippen molar-refractivity contribution in [3.8, 4) is 0 Å². The number of hydrogen-bond acceptors (Lipinski definition) is 5. The molecular weight excluding hydrogens is 350 g/mol. The summed E-state index contributed by atoms with van der Waals surface area (Å²) in [5, 5.41) is 4.12. The van der Waals surface area contributed by atoms with E-state index in [1.165, 1.54) is 12.8 Å². The molecule has 3 aliphatic heterocycles. The summed E-state index contributed by atoms with van der Waals surface area (Å²) in [6, 6.07) is 3.75. The Kier molecular flexibility index (Phi) is 5.08. The lowest BCUT2D eigenvalue weighted by atomic mass is 9.77. The third kappa shape index (κ3) is 3.42. The molecule has 26 heavy (non-hydrogen) atoms. The van der Waals surface area contributed by atoms with Gasteiger partial charge in [0, 0.05) is 38.9 Å². The number of piperazine rings is 1. The lowest BCUT2D eigenvalue weighted by Crippen LogP contribution is -2.53. The van der Waals surface area contributed by atoms with E-state index in [1.807, 2.05) is 17.0 Å². The van der Waals surface area contributed by atoms with Crippen LogP contribution in [0.2, 0.25) is 5.02 Å². The van der Waals surface area contributed by atoms with Gasteiger partial charge in [0.25, 0.3) is 0 Å². The molecule has 0 radical (unpaired) electrons. The standard InChI is InChI=1S/C19H28ClN5O/c1-23-14-19(4-7-21-8-5-19)13-16(23)18(26)25-11-9-24(10-12-25)17-15(20)3-2-6-22-17/h2-3,6,16,21H,4-5,7-14H2,1H3/t16-/m1/s1. The van der Waals surface area contributed by atoms with Gasteiger partial charge in [-0.2, -0.15) is 0 Å². The summed E-state index contributed by atoms with van der Waals surface area (Å²) in [7, 11) is 2.11. The summed E-state index contributed by atoms with van der Waals surface area (Å²) in [6.45, 7) is 6.27. The van der Waals surface area contributed by atoms with E-state index in [9.17, 15) is 4.79 Å². The number of nitrogens with zero attached hydrogens (tertiary/aromatic N) is 4. The molecule has 1 aromatic heterocycles. The number of aromatic nitrogens is 1. The van der Waals surface area contributed by atoms with Gasteiger partial charge >= 0.3 is 0 Å². The van der Waals surface area contributed by atoms with Crippen LogP contribution < -0.4 is 10.2 Å². The number of pyridine rings is 1. The fourth-order valence-electron chi connectivity index (χ4n) is 4.82. The summed E-state index contributed by atoms with van der Waals surface area (Å²) in [6.07, 6.45) is 5.15. The minimum Gasteiger partial charge on any atom is -0.352 e. The molecular formula is C19H28ClN5O. The average Bonchev–Trinajstić information content (AvgIpc) is 2.98. The van der Waals surface area contributed by atoms with Gasteiger partial charge < -0.3 is 15.1 Å². The first-order valence-corrected chi connectivity index (χ1v) is 10.0. The van der Waals surface area contributed by atoms with Gasteiger partial charge in [-0.25, -0.2) is 4.98 Å². The third-order valence-corrected chi connectivity index (χ3v) is 6.62. The number of halogens is 1. The van der Waals surface area contributed by atoms with Crippen LogP contribution in [0, 0.1) is 5.41 Å². The van der Waals surface area contributed by atoms with Gasteiger partial charge in [0.05, 0.1) is 11.1 Å². The first kappa shape index (κ1) is 18.0. The Bertz CT molecular complexity index is 655. The first-order valence-electron chi connectivity index (χ1n) is 9.63. The van der Waals surface area contributed by atoms with Crippen LogP contribution in [-0.2, 0) is 4.79 Å². The number of rotatable bonds is 2. The van der Waals surface area contributed by atoms with Crippen molar-refractivity contribution < 1.29 is 4.79 Å². The van der Waals surface area contributed by atoms with E-state index in [0.29, 0.717) is 16.3 Å². The quantitative estimate of drug-likeness (QED) is 0.845. The van der Waals surface area contributed by atoms with Crippen LogP contribution in [0.15, 0.2) is 18.3 Å². The van der Waals surface area contributed by atoms with Crippen LogP contribution in [0.5, 0.6) is 0 Å². The largest absolute Gasteiger partial charge is 0.352 e. The monoisotopic (exact) mass is 377 g/mol. The number of carbonyl (C=O) groups is 1. The maximum absolute atomic E-state index is 13.2.